The highest BCUT2D eigenvalue weighted by Crippen LogP contribution is 2.47. The van der Waals surface area contributed by atoms with E-state index in [-0.39, 0.29) is 25.2 Å². The zero-order valence-electron chi connectivity index (χ0n) is 25.2. The van der Waals surface area contributed by atoms with Crippen molar-refractivity contribution in [1.29, 1.82) is 0 Å². The van der Waals surface area contributed by atoms with Gasteiger partial charge in [0.1, 0.15) is 12.4 Å². The monoisotopic (exact) mass is 588 g/mol. The number of aryl methyl sites for hydroxylation is 3. The number of ether oxygens (including phenoxy) is 4. The third-order valence-electron chi connectivity index (χ3n) is 8.30. The van der Waals surface area contributed by atoms with Gasteiger partial charge in [0.25, 0.3) is 0 Å². The number of hydrogen-bond acceptors (Lipinski definition) is 7. The molecular weight excluding hydrogens is 548 g/mol. The van der Waals surface area contributed by atoms with Crippen LogP contribution in [-0.2, 0) is 27.2 Å². The second-order valence-electron chi connectivity index (χ2n) is 11.1. The molecule has 0 spiro atoms. The first-order valence-electron chi connectivity index (χ1n) is 14.8. The maximum absolute atomic E-state index is 13.7. The number of rotatable bonds is 12. The molecule has 2 aliphatic rings. The number of hydrogen-bond donors (Lipinski definition) is 2. The van der Waals surface area contributed by atoms with Gasteiger partial charge in [-0.2, -0.15) is 0 Å². The van der Waals surface area contributed by atoms with Crippen LogP contribution in [0.2, 0.25) is 0 Å². The van der Waals surface area contributed by atoms with Crippen LogP contribution < -0.4 is 19.5 Å². The predicted octanol–water partition coefficient (Wildman–Crippen LogP) is 5.35. The highest BCUT2D eigenvalue weighted by Gasteiger charge is 2.48. The van der Waals surface area contributed by atoms with Crippen LogP contribution in [0.25, 0.3) is 0 Å². The number of benzene rings is 3. The van der Waals surface area contributed by atoms with E-state index in [1.165, 1.54) is 0 Å². The molecule has 1 amide bonds. The Labute approximate surface area is 252 Å². The number of carbonyl (C=O) groups excluding carboxylic acids is 1. The zero-order valence-corrected chi connectivity index (χ0v) is 25.2. The quantitative estimate of drug-likeness (QED) is 0.273. The highest BCUT2D eigenvalue weighted by molar-refractivity contribution is 5.94. The molecule has 2 heterocycles. The minimum Gasteiger partial charge on any atom is -0.491 e. The third kappa shape index (κ3) is 6.63. The zero-order chi connectivity index (χ0) is 30.5. The molecule has 2 N–H and O–H groups in total. The van der Waals surface area contributed by atoms with Gasteiger partial charge in [-0.05, 0) is 66.3 Å². The number of methoxy groups -OCH3 is 1. The van der Waals surface area contributed by atoms with E-state index in [1.54, 1.807) is 7.11 Å². The SMILES string of the molecule is CCc1cc(C)cc(CC)c1NC(=O)CN1C[C@H](c2ccc3c(c2)OCO3)C(C(=O)O)[C@@H]1c1ccc(OCCOC)cc1. The first-order chi connectivity index (χ1) is 20.8. The van der Waals surface area contributed by atoms with Gasteiger partial charge in [0.2, 0.25) is 12.7 Å². The van der Waals surface area contributed by atoms with Crippen LogP contribution >= 0.6 is 0 Å². The normalized spacial score (nSPS) is 19.4. The smallest absolute Gasteiger partial charge is 0.309 e. The molecule has 1 saturated heterocycles. The van der Waals surface area contributed by atoms with E-state index in [1.807, 2.05) is 47.4 Å². The summed E-state index contributed by atoms with van der Waals surface area (Å²) in [6, 6.07) is 16.7. The second kappa shape index (κ2) is 13.5. The number of carboxylic acid groups (broad SMARTS) is 1. The molecule has 0 radical (unpaired) electrons. The van der Waals surface area contributed by atoms with Crippen LogP contribution in [0, 0.1) is 12.8 Å². The van der Waals surface area contributed by atoms with E-state index < -0.39 is 17.9 Å². The first kappa shape index (κ1) is 30.4. The summed E-state index contributed by atoms with van der Waals surface area (Å²) in [6.45, 7) is 7.66. The Morgan fingerprint density at radius 1 is 0.953 bits per heavy atom. The van der Waals surface area contributed by atoms with Crippen molar-refractivity contribution in [3.63, 3.8) is 0 Å². The first-order valence-corrected chi connectivity index (χ1v) is 14.8. The largest absolute Gasteiger partial charge is 0.491 e. The molecular formula is C34H40N2O7. The van der Waals surface area contributed by atoms with Gasteiger partial charge in [-0.3, -0.25) is 14.5 Å². The predicted molar refractivity (Wildman–Crippen MR) is 163 cm³/mol. The van der Waals surface area contributed by atoms with Gasteiger partial charge < -0.3 is 29.4 Å². The summed E-state index contributed by atoms with van der Waals surface area (Å²) in [5, 5.41) is 13.8. The van der Waals surface area contributed by atoms with Gasteiger partial charge >= 0.3 is 5.97 Å². The van der Waals surface area contributed by atoms with Gasteiger partial charge in [0, 0.05) is 31.3 Å². The molecule has 3 atom stereocenters. The molecule has 0 aromatic heterocycles. The topological polar surface area (TPSA) is 107 Å². The molecule has 9 nitrogen and oxygen atoms in total. The molecule has 9 heteroatoms. The molecule has 3 aromatic carbocycles. The molecule has 43 heavy (non-hydrogen) atoms. The van der Waals surface area contributed by atoms with Crippen LogP contribution in [0.15, 0.2) is 54.6 Å². The van der Waals surface area contributed by atoms with Crippen molar-refractivity contribution in [2.75, 3.05) is 45.5 Å². The molecule has 228 valence electrons. The number of anilines is 1. The average molecular weight is 589 g/mol. The van der Waals surface area contributed by atoms with Crippen molar-refractivity contribution in [1.82, 2.24) is 4.90 Å². The number of aliphatic carboxylic acids is 1. The molecule has 5 rings (SSSR count). The van der Waals surface area contributed by atoms with E-state index in [4.69, 9.17) is 18.9 Å². The number of amides is 1. The number of likely N-dealkylation sites (tertiary alicyclic amines) is 1. The summed E-state index contributed by atoms with van der Waals surface area (Å²) in [6.07, 6.45) is 1.59. The minimum atomic E-state index is -0.920. The molecule has 0 bridgehead atoms. The van der Waals surface area contributed by atoms with Gasteiger partial charge in [-0.1, -0.05) is 49.7 Å². The lowest BCUT2D eigenvalue weighted by molar-refractivity contribution is -0.143. The number of nitrogens with zero attached hydrogens (tertiary/aromatic N) is 1. The van der Waals surface area contributed by atoms with Crippen molar-refractivity contribution in [3.8, 4) is 17.2 Å². The van der Waals surface area contributed by atoms with Crippen molar-refractivity contribution in [2.24, 2.45) is 5.92 Å². The molecule has 0 saturated carbocycles. The number of carbonyl (C=O) groups is 2. The van der Waals surface area contributed by atoms with Crippen molar-refractivity contribution < 1.29 is 33.6 Å². The van der Waals surface area contributed by atoms with Crippen LogP contribution in [0.3, 0.4) is 0 Å². The van der Waals surface area contributed by atoms with Gasteiger partial charge in [-0.25, -0.2) is 0 Å². The summed E-state index contributed by atoms with van der Waals surface area (Å²) < 4.78 is 21.9. The fourth-order valence-corrected chi connectivity index (χ4v) is 6.30. The van der Waals surface area contributed by atoms with Crippen LogP contribution in [0.4, 0.5) is 5.69 Å². The fraction of sp³-hybridized carbons (Fsp3) is 0.412. The van der Waals surface area contributed by atoms with Crippen LogP contribution in [0.1, 0.15) is 53.6 Å². The third-order valence-corrected chi connectivity index (χ3v) is 8.30. The maximum atomic E-state index is 13.7. The van der Waals surface area contributed by atoms with Gasteiger partial charge in [-0.15, -0.1) is 0 Å². The lowest BCUT2D eigenvalue weighted by Crippen LogP contribution is -2.35. The van der Waals surface area contributed by atoms with Gasteiger partial charge in [0.15, 0.2) is 11.5 Å². The lowest BCUT2D eigenvalue weighted by Gasteiger charge is -2.27. The van der Waals surface area contributed by atoms with Crippen molar-refractivity contribution >= 4 is 17.6 Å². The summed E-state index contributed by atoms with van der Waals surface area (Å²) in [5.41, 5.74) is 5.85. The van der Waals surface area contributed by atoms with E-state index in [9.17, 15) is 14.7 Å². The van der Waals surface area contributed by atoms with Crippen LogP contribution in [0.5, 0.6) is 17.2 Å². The van der Waals surface area contributed by atoms with Crippen molar-refractivity contribution in [3.05, 3.63) is 82.4 Å². The standard InChI is InChI=1S/C34H40N2O7/c1-5-22-15-21(3)16-23(6-2)32(22)35-30(37)19-36-18-27(25-9-12-28-29(17-25)43-20-42-28)31(34(38)39)33(36)24-7-10-26(11-8-24)41-14-13-40-4/h7-12,15-17,27,31,33H,5-6,13-14,18-20H2,1-4H3,(H,35,37)(H,38,39)/t27-,31?,33+/m1/s1. The van der Waals surface area contributed by atoms with E-state index in [0.717, 1.165) is 46.3 Å². The Hall–Kier alpha value is -4.08. The molecule has 3 aromatic rings. The second-order valence-corrected chi connectivity index (χ2v) is 11.1. The fourth-order valence-electron chi connectivity index (χ4n) is 6.30. The molecule has 1 fully saturated rings. The Bertz CT molecular complexity index is 1430. The Morgan fingerprint density at radius 3 is 2.28 bits per heavy atom. The Morgan fingerprint density at radius 2 is 1.63 bits per heavy atom. The van der Waals surface area contributed by atoms with E-state index >= 15 is 0 Å². The van der Waals surface area contributed by atoms with Gasteiger partial charge in [0.05, 0.1) is 19.1 Å². The number of nitrogens with one attached hydrogen (secondary N) is 1. The summed E-state index contributed by atoms with van der Waals surface area (Å²) in [4.78, 5) is 28.6. The molecule has 1 unspecified atom stereocenters. The Balaban J connectivity index is 1.46. The number of carboxylic acids is 1. The minimum absolute atomic E-state index is 0.0434. The molecule has 0 aliphatic carbocycles. The summed E-state index contributed by atoms with van der Waals surface area (Å²) >= 11 is 0. The summed E-state index contributed by atoms with van der Waals surface area (Å²) in [5.74, 6) is -0.359. The number of fused-ring (bicyclic) bond motifs is 1. The van der Waals surface area contributed by atoms with Crippen LogP contribution in [-0.4, -0.2) is 62.1 Å². The highest BCUT2D eigenvalue weighted by atomic mass is 16.7. The average Bonchev–Trinajstić information content (AvgIpc) is 3.62. The Kier molecular flexibility index (Phi) is 9.52. The summed E-state index contributed by atoms with van der Waals surface area (Å²) in [7, 11) is 1.62. The van der Waals surface area contributed by atoms with E-state index in [2.05, 4.69) is 38.2 Å². The molecule has 2 aliphatic heterocycles. The maximum Gasteiger partial charge on any atom is 0.309 e. The van der Waals surface area contributed by atoms with E-state index in [0.29, 0.717) is 37.0 Å². The van der Waals surface area contributed by atoms with Crippen molar-refractivity contribution in [2.45, 2.75) is 45.6 Å². The lowest BCUT2D eigenvalue weighted by atomic mass is 9.82.